The van der Waals surface area contributed by atoms with Crippen LogP contribution in [0.15, 0.2) is 64.0 Å². The molecule has 1 N–H and O–H groups in total. The third-order valence-electron chi connectivity index (χ3n) is 3.57. The molecule has 0 radical (unpaired) electrons. The summed E-state index contributed by atoms with van der Waals surface area (Å²) >= 11 is 3.27. The first-order chi connectivity index (χ1) is 11.3. The maximum atomic E-state index is 12.5. The molecule has 1 unspecified atom stereocenters. The van der Waals surface area contributed by atoms with E-state index in [0.717, 1.165) is 14.3 Å². The lowest BCUT2D eigenvalue weighted by Crippen LogP contribution is -2.39. The summed E-state index contributed by atoms with van der Waals surface area (Å²) in [5.41, 5.74) is 0.962. The van der Waals surface area contributed by atoms with Gasteiger partial charge in [0.2, 0.25) is 15.9 Å². The van der Waals surface area contributed by atoms with Crippen molar-refractivity contribution in [2.45, 2.75) is 17.9 Å². The summed E-state index contributed by atoms with van der Waals surface area (Å²) in [4.78, 5) is 12.3. The molecule has 0 aliphatic carbocycles. The largest absolute Gasteiger partial charge is 0.348 e. The molecule has 7 heteroatoms. The van der Waals surface area contributed by atoms with Crippen molar-refractivity contribution < 1.29 is 13.2 Å². The Morgan fingerprint density at radius 3 is 2.29 bits per heavy atom. The van der Waals surface area contributed by atoms with Gasteiger partial charge in [0.1, 0.15) is 0 Å². The molecule has 0 aromatic heterocycles. The number of benzene rings is 2. The number of carbonyl (C=O) groups excluding carboxylic acids is 1. The average molecular weight is 411 g/mol. The number of sulfonamides is 1. The lowest BCUT2D eigenvalue weighted by Gasteiger charge is -2.19. The second kappa shape index (κ2) is 7.92. The first-order valence-corrected chi connectivity index (χ1v) is 9.60. The molecule has 0 spiro atoms. The van der Waals surface area contributed by atoms with Crippen LogP contribution in [0.3, 0.4) is 0 Å². The number of nitrogens with one attached hydrogen (secondary N) is 1. The normalized spacial score (nSPS) is 12.8. The van der Waals surface area contributed by atoms with E-state index in [1.54, 1.807) is 12.1 Å². The highest BCUT2D eigenvalue weighted by molar-refractivity contribution is 9.10. The maximum Gasteiger partial charge on any atom is 0.243 e. The van der Waals surface area contributed by atoms with E-state index in [1.807, 2.05) is 37.3 Å². The van der Waals surface area contributed by atoms with Gasteiger partial charge in [0.15, 0.2) is 0 Å². The summed E-state index contributed by atoms with van der Waals surface area (Å²) in [6.45, 7) is 1.62. The minimum absolute atomic E-state index is 0.150. The van der Waals surface area contributed by atoms with Gasteiger partial charge in [-0.15, -0.1) is 0 Å². The minimum Gasteiger partial charge on any atom is -0.348 e. The highest BCUT2D eigenvalue weighted by Gasteiger charge is 2.23. The van der Waals surface area contributed by atoms with Crippen LogP contribution in [-0.4, -0.2) is 32.2 Å². The Morgan fingerprint density at radius 1 is 1.12 bits per heavy atom. The van der Waals surface area contributed by atoms with Gasteiger partial charge < -0.3 is 5.32 Å². The molecule has 1 amide bonds. The van der Waals surface area contributed by atoms with Crippen LogP contribution in [-0.2, 0) is 14.8 Å². The van der Waals surface area contributed by atoms with E-state index in [4.69, 9.17) is 0 Å². The predicted molar refractivity (Wildman–Crippen MR) is 97.0 cm³/mol. The maximum absolute atomic E-state index is 12.5. The Kier molecular flexibility index (Phi) is 6.15. The van der Waals surface area contributed by atoms with Crippen LogP contribution in [0.4, 0.5) is 0 Å². The molecular weight excluding hydrogens is 392 g/mol. The molecular formula is C17H19BrN2O3S. The number of carbonyl (C=O) groups is 1. The van der Waals surface area contributed by atoms with Gasteiger partial charge in [-0.2, -0.15) is 4.31 Å². The third-order valence-corrected chi connectivity index (χ3v) is 5.91. The molecule has 0 bridgehead atoms. The van der Waals surface area contributed by atoms with Gasteiger partial charge in [0.05, 0.1) is 17.5 Å². The van der Waals surface area contributed by atoms with E-state index in [0.29, 0.717) is 0 Å². The molecule has 0 fully saturated rings. The summed E-state index contributed by atoms with van der Waals surface area (Å²) in [5.74, 6) is -0.352. The van der Waals surface area contributed by atoms with E-state index < -0.39 is 10.0 Å². The van der Waals surface area contributed by atoms with Gasteiger partial charge >= 0.3 is 0 Å². The van der Waals surface area contributed by atoms with Gasteiger partial charge in [0, 0.05) is 11.5 Å². The highest BCUT2D eigenvalue weighted by atomic mass is 79.9. The highest BCUT2D eigenvalue weighted by Crippen LogP contribution is 2.18. The molecule has 0 saturated heterocycles. The fraction of sp³-hybridized carbons (Fsp3) is 0.235. The zero-order valence-electron chi connectivity index (χ0n) is 13.4. The first kappa shape index (κ1) is 18.6. The second-order valence-corrected chi connectivity index (χ2v) is 8.38. The van der Waals surface area contributed by atoms with Crippen LogP contribution in [0.1, 0.15) is 18.5 Å². The van der Waals surface area contributed by atoms with Gasteiger partial charge in [-0.25, -0.2) is 8.42 Å². The van der Waals surface area contributed by atoms with Crippen LogP contribution in [0.25, 0.3) is 0 Å². The van der Waals surface area contributed by atoms with E-state index in [2.05, 4.69) is 21.2 Å². The fourth-order valence-electron chi connectivity index (χ4n) is 2.19. The van der Waals surface area contributed by atoms with Crippen molar-refractivity contribution in [3.63, 3.8) is 0 Å². The molecule has 24 heavy (non-hydrogen) atoms. The zero-order chi connectivity index (χ0) is 17.7. The molecule has 5 nitrogen and oxygen atoms in total. The van der Waals surface area contributed by atoms with Crippen LogP contribution in [0, 0.1) is 0 Å². The lowest BCUT2D eigenvalue weighted by molar-refractivity contribution is -0.121. The first-order valence-electron chi connectivity index (χ1n) is 7.37. The average Bonchev–Trinajstić information content (AvgIpc) is 2.55. The summed E-state index contributed by atoms with van der Waals surface area (Å²) < 4.78 is 26.8. The quantitative estimate of drug-likeness (QED) is 0.795. The smallest absolute Gasteiger partial charge is 0.243 e. The summed E-state index contributed by atoms with van der Waals surface area (Å²) in [6.07, 6.45) is 0. The van der Waals surface area contributed by atoms with E-state index >= 15 is 0 Å². The Hall–Kier alpha value is -1.70. The molecule has 0 heterocycles. The van der Waals surface area contributed by atoms with Crippen molar-refractivity contribution >= 4 is 31.9 Å². The number of amides is 1. The van der Waals surface area contributed by atoms with Gasteiger partial charge in [-0.3, -0.25) is 4.79 Å². The second-order valence-electron chi connectivity index (χ2n) is 5.41. The van der Waals surface area contributed by atoms with Gasteiger partial charge in [-0.05, 0) is 36.8 Å². The molecule has 2 aromatic carbocycles. The standard InChI is InChI=1S/C17H19BrN2O3S/c1-13(14-6-4-3-5-7-14)19-17(21)12-20(2)24(22,23)16-10-8-15(18)9-11-16/h3-11,13H,12H2,1-2H3,(H,19,21). The van der Waals surface area contributed by atoms with E-state index in [1.165, 1.54) is 19.2 Å². The number of rotatable bonds is 6. The number of halogens is 1. The van der Waals surface area contributed by atoms with Crippen molar-refractivity contribution in [3.8, 4) is 0 Å². The van der Waals surface area contributed by atoms with Crippen LogP contribution < -0.4 is 5.32 Å². The number of hydrogen-bond donors (Lipinski definition) is 1. The molecule has 128 valence electrons. The van der Waals surface area contributed by atoms with Crippen molar-refractivity contribution in [2.24, 2.45) is 0 Å². The van der Waals surface area contributed by atoms with E-state index in [9.17, 15) is 13.2 Å². The molecule has 2 aromatic rings. The Morgan fingerprint density at radius 2 is 1.71 bits per heavy atom. The SMILES string of the molecule is CC(NC(=O)CN(C)S(=O)(=O)c1ccc(Br)cc1)c1ccccc1. The van der Waals surface area contributed by atoms with Gasteiger partial charge in [0.25, 0.3) is 0 Å². The molecule has 0 saturated carbocycles. The molecule has 0 aliphatic rings. The van der Waals surface area contributed by atoms with Gasteiger partial charge in [-0.1, -0.05) is 46.3 Å². The van der Waals surface area contributed by atoms with Crippen molar-refractivity contribution in [3.05, 3.63) is 64.6 Å². The van der Waals surface area contributed by atoms with E-state index in [-0.39, 0.29) is 23.4 Å². The monoisotopic (exact) mass is 410 g/mol. The van der Waals surface area contributed by atoms with Crippen LogP contribution in [0.2, 0.25) is 0 Å². The molecule has 2 rings (SSSR count). The predicted octanol–water partition coefficient (Wildman–Crippen LogP) is 2.95. The number of nitrogens with zero attached hydrogens (tertiary/aromatic N) is 1. The van der Waals surface area contributed by atoms with Crippen molar-refractivity contribution in [1.82, 2.24) is 9.62 Å². The fourth-order valence-corrected chi connectivity index (χ4v) is 3.58. The Labute approximate surface area is 150 Å². The number of hydrogen-bond acceptors (Lipinski definition) is 3. The Balaban J connectivity index is 2.01. The van der Waals surface area contributed by atoms with Crippen molar-refractivity contribution in [1.29, 1.82) is 0 Å². The summed E-state index contributed by atoms with van der Waals surface area (Å²) in [6, 6.07) is 15.6. The Bertz CT molecular complexity index is 792. The lowest BCUT2D eigenvalue weighted by atomic mass is 10.1. The molecule has 0 aliphatic heterocycles. The van der Waals surface area contributed by atoms with Crippen LogP contribution >= 0.6 is 15.9 Å². The summed E-state index contributed by atoms with van der Waals surface area (Å²) in [7, 11) is -2.31. The number of likely N-dealkylation sites (N-methyl/N-ethyl adjacent to an activating group) is 1. The summed E-state index contributed by atoms with van der Waals surface area (Å²) in [5, 5.41) is 2.81. The van der Waals surface area contributed by atoms with Crippen molar-refractivity contribution in [2.75, 3.05) is 13.6 Å². The topological polar surface area (TPSA) is 66.5 Å². The zero-order valence-corrected chi connectivity index (χ0v) is 15.8. The minimum atomic E-state index is -3.70. The third kappa shape index (κ3) is 4.66. The van der Waals surface area contributed by atoms with Crippen LogP contribution in [0.5, 0.6) is 0 Å². The molecule has 1 atom stereocenters.